The molecule has 0 aromatic heterocycles. The lowest BCUT2D eigenvalue weighted by Crippen LogP contribution is -2.36. The highest BCUT2D eigenvalue weighted by molar-refractivity contribution is 7.98. The van der Waals surface area contributed by atoms with E-state index in [2.05, 4.69) is 4.72 Å². The molecular weight excluding hydrogens is 380 g/mol. The Morgan fingerprint density at radius 3 is 2.33 bits per heavy atom. The van der Waals surface area contributed by atoms with E-state index < -0.39 is 10.0 Å². The zero-order valence-corrected chi connectivity index (χ0v) is 17.2. The van der Waals surface area contributed by atoms with Gasteiger partial charge in [0.15, 0.2) is 0 Å². The van der Waals surface area contributed by atoms with Crippen LogP contribution in [0.15, 0.2) is 52.3 Å². The van der Waals surface area contributed by atoms with Gasteiger partial charge in [-0.25, -0.2) is 8.42 Å². The highest BCUT2D eigenvalue weighted by Crippen LogP contribution is 2.27. The third-order valence-electron chi connectivity index (χ3n) is 4.66. The van der Waals surface area contributed by atoms with Gasteiger partial charge in [-0.2, -0.15) is 0 Å². The van der Waals surface area contributed by atoms with Crippen LogP contribution in [-0.2, 0) is 10.0 Å². The Labute approximate surface area is 165 Å². The van der Waals surface area contributed by atoms with Crippen LogP contribution in [0.1, 0.15) is 35.2 Å². The van der Waals surface area contributed by atoms with Crippen LogP contribution in [0.4, 0.5) is 5.69 Å². The number of benzene rings is 2. The maximum atomic E-state index is 13.0. The second-order valence-corrected chi connectivity index (χ2v) is 9.22. The van der Waals surface area contributed by atoms with Gasteiger partial charge in [-0.15, -0.1) is 11.8 Å². The number of carbonyl (C=O) groups excluding carboxylic acids is 1. The maximum absolute atomic E-state index is 13.0. The summed E-state index contributed by atoms with van der Waals surface area (Å²) in [6, 6.07) is 11.9. The molecule has 1 aliphatic heterocycles. The zero-order chi connectivity index (χ0) is 19.4. The number of hydrogen-bond acceptors (Lipinski definition) is 4. The first kappa shape index (κ1) is 19.8. The lowest BCUT2D eigenvalue weighted by molar-refractivity contribution is 0.0720. The predicted octanol–water partition coefficient (Wildman–Crippen LogP) is 4.14. The number of piperidine rings is 1. The molecule has 1 saturated heterocycles. The summed E-state index contributed by atoms with van der Waals surface area (Å²) in [6.45, 7) is 3.40. The van der Waals surface area contributed by atoms with Gasteiger partial charge >= 0.3 is 0 Å². The number of hydrogen-bond donors (Lipinski definition) is 1. The van der Waals surface area contributed by atoms with E-state index in [4.69, 9.17) is 0 Å². The van der Waals surface area contributed by atoms with Crippen molar-refractivity contribution < 1.29 is 13.2 Å². The van der Waals surface area contributed by atoms with E-state index in [0.717, 1.165) is 42.8 Å². The number of sulfonamides is 1. The number of nitrogens with one attached hydrogen (secondary N) is 1. The molecule has 1 aliphatic rings. The van der Waals surface area contributed by atoms with Gasteiger partial charge < -0.3 is 4.90 Å². The quantitative estimate of drug-likeness (QED) is 0.761. The Morgan fingerprint density at radius 1 is 1.04 bits per heavy atom. The van der Waals surface area contributed by atoms with Crippen molar-refractivity contribution in [1.82, 2.24) is 4.90 Å². The molecule has 0 bridgehead atoms. The van der Waals surface area contributed by atoms with Gasteiger partial charge in [0.2, 0.25) is 0 Å². The number of rotatable bonds is 5. The number of amides is 1. The maximum Gasteiger partial charge on any atom is 0.261 e. The summed E-state index contributed by atoms with van der Waals surface area (Å²) < 4.78 is 28.2. The molecule has 0 atom stereocenters. The van der Waals surface area contributed by atoms with E-state index in [-0.39, 0.29) is 10.8 Å². The van der Waals surface area contributed by atoms with Crippen LogP contribution in [0.3, 0.4) is 0 Å². The van der Waals surface area contributed by atoms with Crippen molar-refractivity contribution in [3.05, 3.63) is 53.6 Å². The van der Waals surface area contributed by atoms with Crippen molar-refractivity contribution in [2.24, 2.45) is 0 Å². The van der Waals surface area contributed by atoms with Crippen LogP contribution in [0.5, 0.6) is 0 Å². The van der Waals surface area contributed by atoms with Gasteiger partial charge in [0, 0.05) is 23.7 Å². The second-order valence-electron chi connectivity index (χ2n) is 6.69. The molecule has 0 aliphatic carbocycles. The van der Waals surface area contributed by atoms with Gasteiger partial charge in [-0.3, -0.25) is 9.52 Å². The number of thioether (sulfide) groups is 1. The molecule has 3 rings (SSSR count). The third-order valence-corrected chi connectivity index (χ3v) is 6.83. The van der Waals surface area contributed by atoms with Crippen LogP contribution >= 0.6 is 11.8 Å². The number of anilines is 1. The summed E-state index contributed by atoms with van der Waals surface area (Å²) in [5.41, 5.74) is 2.01. The average Bonchev–Trinajstić information content (AvgIpc) is 2.69. The van der Waals surface area contributed by atoms with Gasteiger partial charge in [0.25, 0.3) is 15.9 Å². The summed E-state index contributed by atoms with van der Waals surface area (Å²) in [4.78, 5) is 15.7. The SMILES string of the molecule is CSc1ccc(S(=O)(=O)Nc2ccc(C)cc2)cc1C(=O)N1CCCCC1. The number of likely N-dealkylation sites (tertiary alicyclic amines) is 1. The molecule has 0 spiro atoms. The fourth-order valence-corrected chi connectivity index (χ4v) is 4.78. The molecule has 2 aromatic carbocycles. The lowest BCUT2D eigenvalue weighted by Gasteiger charge is -2.27. The van der Waals surface area contributed by atoms with Gasteiger partial charge in [-0.1, -0.05) is 17.7 Å². The minimum Gasteiger partial charge on any atom is -0.339 e. The fraction of sp³-hybridized carbons (Fsp3) is 0.350. The molecular formula is C20H24N2O3S2. The summed E-state index contributed by atoms with van der Waals surface area (Å²) in [5.74, 6) is -0.0913. The van der Waals surface area contributed by atoms with Gasteiger partial charge in [0.05, 0.1) is 10.5 Å². The van der Waals surface area contributed by atoms with Crippen LogP contribution in [0.25, 0.3) is 0 Å². The van der Waals surface area contributed by atoms with Crippen LogP contribution in [0.2, 0.25) is 0 Å². The van der Waals surface area contributed by atoms with Crippen LogP contribution < -0.4 is 4.72 Å². The molecule has 2 aromatic rings. The number of carbonyl (C=O) groups is 1. The molecule has 0 saturated carbocycles. The molecule has 1 N–H and O–H groups in total. The largest absolute Gasteiger partial charge is 0.339 e. The first-order valence-electron chi connectivity index (χ1n) is 8.97. The topological polar surface area (TPSA) is 66.5 Å². The highest BCUT2D eigenvalue weighted by Gasteiger charge is 2.23. The first-order valence-corrected chi connectivity index (χ1v) is 11.7. The molecule has 5 nitrogen and oxygen atoms in total. The molecule has 0 unspecified atom stereocenters. The normalized spacial score (nSPS) is 14.8. The summed E-state index contributed by atoms with van der Waals surface area (Å²) >= 11 is 1.45. The second kappa shape index (κ2) is 8.35. The Hall–Kier alpha value is -1.99. The summed E-state index contributed by atoms with van der Waals surface area (Å²) in [7, 11) is -3.77. The van der Waals surface area contributed by atoms with E-state index in [1.807, 2.05) is 30.2 Å². The summed E-state index contributed by atoms with van der Waals surface area (Å²) in [5, 5.41) is 0. The first-order chi connectivity index (χ1) is 12.9. The molecule has 0 radical (unpaired) electrons. The van der Waals surface area contributed by atoms with Gasteiger partial charge in [0.1, 0.15) is 0 Å². The Kier molecular flexibility index (Phi) is 6.11. The monoisotopic (exact) mass is 404 g/mol. The molecule has 7 heteroatoms. The van der Waals surface area contributed by atoms with Crippen molar-refractivity contribution >= 4 is 33.4 Å². The Bertz CT molecular complexity index is 919. The molecule has 1 heterocycles. The number of aryl methyl sites for hydroxylation is 1. The third kappa shape index (κ3) is 4.65. The molecule has 1 amide bonds. The van der Waals surface area contributed by atoms with Gasteiger partial charge in [-0.05, 0) is 62.8 Å². The van der Waals surface area contributed by atoms with E-state index >= 15 is 0 Å². The molecule has 27 heavy (non-hydrogen) atoms. The minimum absolute atomic E-state index is 0.0913. The van der Waals surface area contributed by atoms with E-state index in [9.17, 15) is 13.2 Å². The van der Waals surface area contributed by atoms with Crippen LogP contribution in [0, 0.1) is 6.92 Å². The van der Waals surface area contributed by atoms with Crippen molar-refractivity contribution in [3.63, 3.8) is 0 Å². The van der Waals surface area contributed by atoms with Crippen molar-refractivity contribution in [3.8, 4) is 0 Å². The van der Waals surface area contributed by atoms with Crippen molar-refractivity contribution in [2.75, 3.05) is 24.1 Å². The highest BCUT2D eigenvalue weighted by atomic mass is 32.2. The standard InChI is InChI=1S/C20H24N2O3S2/c1-15-6-8-16(9-7-15)21-27(24,25)17-10-11-19(26-2)18(14-17)20(23)22-12-4-3-5-13-22/h6-11,14,21H,3-5,12-13H2,1-2H3. The number of nitrogens with zero attached hydrogens (tertiary/aromatic N) is 1. The van der Waals surface area contributed by atoms with Crippen molar-refractivity contribution in [1.29, 1.82) is 0 Å². The summed E-state index contributed by atoms with van der Waals surface area (Å²) in [6.07, 6.45) is 5.01. The van der Waals surface area contributed by atoms with Crippen LogP contribution in [-0.4, -0.2) is 38.6 Å². The fourth-order valence-electron chi connectivity index (χ4n) is 3.12. The minimum atomic E-state index is -3.77. The molecule has 144 valence electrons. The van der Waals surface area contributed by atoms with E-state index in [1.54, 1.807) is 24.3 Å². The Morgan fingerprint density at radius 2 is 1.70 bits per heavy atom. The van der Waals surface area contributed by atoms with E-state index in [1.165, 1.54) is 17.8 Å². The Balaban J connectivity index is 1.91. The average molecular weight is 405 g/mol. The lowest BCUT2D eigenvalue weighted by atomic mass is 10.1. The molecule has 1 fully saturated rings. The smallest absolute Gasteiger partial charge is 0.261 e. The zero-order valence-electron chi connectivity index (χ0n) is 15.6. The van der Waals surface area contributed by atoms with Crippen molar-refractivity contribution in [2.45, 2.75) is 36.0 Å². The predicted molar refractivity (Wildman–Crippen MR) is 110 cm³/mol. The van der Waals surface area contributed by atoms with E-state index in [0.29, 0.717) is 11.3 Å².